The van der Waals surface area contributed by atoms with Crippen molar-refractivity contribution < 1.29 is 24.0 Å². The third-order valence-corrected chi connectivity index (χ3v) is 4.35. The summed E-state index contributed by atoms with van der Waals surface area (Å²) in [6.07, 6.45) is 0. The molecule has 7 nitrogen and oxygen atoms in total. The zero-order valence-electron chi connectivity index (χ0n) is 16.2. The maximum absolute atomic E-state index is 12.3. The summed E-state index contributed by atoms with van der Waals surface area (Å²) in [5.41, 5.74) is 2.30. The van der Waals surface area contributed by atoms with Gasteiger partial charge in [0.1, 0.15) is 24.1 Å². The summed E-state index contributed by atoms with van der Waals surface area (Å²) in [6.45, 7) is 3.90. The minimum atomic E-state index is -1.10. The van der Waals surface area contributed by atoms with Gasteiger partial charge in [-0.25, -0.2) is 4.79 Å². The number of ether oxygens (including phenoxy) is 1. The second-order valence-electron chi connectivity index (χ2n) is 6.91. The Labute approximate surface area is 168 Å². The summed E-state index contributed by atoms with van der Waals surface area (Å²) < 4.78 is 10.8. The number of aliphatic carboxylic acids is 1. The molecule has 0 fully saturated rings. The molecule has 0 aliphatic heterocycles. The summed E-state index contributed by atoms with van der Waals surface area (Å²) in [7, 11) is 0. The summed E-state index contributed by atoms with van der Waals surface area (Å²) in [5, 5.41) is 15.5. The van der Waals surface area contributed by atoms with E-state index in [1.54, 1.807) is 13.8 Å². The second-order valence-corrected chi connectivity index (χ2v) is 6.91. The first-order valence-corrected chi connectivity index (χ1v) is 9.21. The van der Waals surface area contributed by atoms with Crippen molar-refractivity contribution >= 4 is 11.9 Å². The van der Waals surface area contributed by atoms with Gasteiger partial charge in [0, 0.05) is 11.6 Å². The average molecular weight is 394 g/mol. The molecule has 150 valence electrons. The van der Waals surface area contributed by atoms with Crippen LogP contribution in [0.4, 0.5) is 0 Å². The fraction of sp³-hybridized carbons (Fsp3) is 0.227. The van der Waals surface area contributed by atoms with E-state index >= 15 is 0 Å². The fourth-order valence-electron chi connectivity index (χ4n) is 2.71. The molecular weight excluding hydrogens is 372 g/mol. The Morgan fingerprint density at radius 1 is 1.10 bits per heavy atom. The highest BCUT2D eigenvalue weighted by atomic mass is 16.5. The van der Waals surface area contributed by atoms with Crippen LogP contribution in [0.5, 0.6) is 5.75 Å². The van der Waals surface area contributed by atoms with Crippen molar-refractivity contribution in [3.8, 4) is 17.0 Å². The Morgan fingerprint density at radius 3 is 2.41 bits per heavy atom. The molecule has 0 radical (unpaired) electrons. The van der Waals surface area contributed by atoms with Crippen LogP contribution < -0.4 is 10.1 Å². The molecule has 1 aromatic heterocycles. The molecule has 0 saturated heterocycles. The standard InChI is InChI=1S/C22H22N2O5/c1-14(2)20(22(26)27)23-21(25)19-12-18(24-29-19)16-8-10-17(11-9-16)28-13-15-6-4-3-5-7-15/h3-12,14,20H,13H2,1-2H3,(H,23,25)(H,26,27). The topological polar surface area (TPSA) is 102 Å². The van der Waals surface area contributed by atoms with Crippen LogP contribution in [0.1, 0.15) is 30.0 Å². The number of carbonyl (C=O) groups is 2. The van der Waals surface area contributed by atoms with Gasteiger partial charge in [0.05, 0.1) is 0 Å². The van der Waals surface area contributed by atoms with E-state index in [9.17, 15) is 14.7 Å². The van der Waals surface area contributed by atoms with Crippen LogP contribution in [0.15, 0.2) is 65.2 Å². The van der Waals surface area contributed by atoms with Gasteiger partial charge in [-0.05, 0) is 35.7 Å². The molecule has 0 saturated carbocycles. The monoisotopic (exact) mass is 394 g/mol. The second kappa shape index (κ2) is 9.05. The lowest BCUT2D eigenvalue weighted by Crippen LogP contribution is -2.44. The molecular formula is C22H22N2O5. The van der Waals surface area contributed by atoms with E-state index in [0.717, 1.165) is 11.1 Å². The maximum Gasteiger partial charge on any atom is 0.326 e. The highest BCUT2D eigenvalue weighted by Gasteiger charge is 2.25. The predicted molar refractivity (Wildman–Crippen MR) is 106 cm³/mol. The first kappa shape index (κ1) is 20.1. The molecule has 1 heterocycles. The van der Waals surface area contributed by atoms with Crippen molar-refractivity contribution in [2.24, 2.45) is 5.92 Å². The highest BCUT2D eigenvalue weighted by molar-refractivity contribution is 5.95. The van der Waals surface area contributed by atoms with Crippen LogP contribution in [0, 0.1) is 5.92 Å². The van der Waals surface area contributed by atoms with E-state index in [4.69, 9.17) is 9.26 Å². The van der Waals surface area contributed by atoms with Crippen molar-refractivity contribution in [3.05, 3.63) is 72.0 Å². The Hall–Kier alpha value is -3.61. The number of hydrogen-bond donors (Lipinski definition) is 2. The molecule has 0 spiro atoms. The number of carbonyl (C=O) groups excluding carboxylic acids is 1. The maximum atomic E-state index is 12.3. The summed E-state index contributed by atoms with van der Waals surface area (Å²) in [4.78, 5) is 23.5. The van der Waals surface area contributed by atoms with Crippen molar-refractivity contribution in [3.63, 3.8) is 0 Å². The Bertz CT molecular complexity index is 964. The van der Waals surface area contributed by atoms with Crippen molar-refractivity contribution in [1.82, 2.24) is 10.5 Å². The number of amides is 1. The largest absolute Gasteiger partial charge is 0.489 e. The number of rotatable bonds is 8. The van der Waals surface area contributed by atoms with E-state index in [1.165, 1.54) is 6.07 Å². The minimum Gasteiger partial charge on any atom is -0.489 e. The Balaban J connectivity index is 1.64. The summed E-state index contributed by atoms with van der Waals surface area (Å²) in [5.74, 6) is -1.31. The quantitative estimate of drug-likeness (QED) is 0.603. The average Bonchev–Trinajstić information content (AvgIpc) is 3.21. The van der Waals surface area contributed by atoms with Gasteiger partial charge in [0.15, 0.2) is 0 Å². The van der Waals surface area contributed by atoms with Gasteiger partial charge in [-0.3, -0.25) is 4.79 Å². The van der Waals surface area contributed by atoms with Gasteiger partial charge in [-0.15, -0.1) is 0 Å². The number of carboxylic acid groups (broad SMARTS) is 1. The summed E-state index contributed by atoms with van der Waals surface area (Å²) in [6, 6.07) is 17.6. The van der Waals surface area contributed by atoms with Crippen molar-refractivity contribution in [1.29, 1.82) is 0 Å². The molecule has 2 aromatic carbocycles. The molecule has 0 aliphatic rings. The molecule has 2 N–H and O–H groups in total. The SMILES string of the molecule is CC(C)C(NC(=O)c1cc(-c2ccc(OCc3ccccc3)cc2)no1)C(=O)O. The van der Waals surface area contributed by atoms with Crippen LogP contribution >= 0.6 is 0 Å². The predicted octanol–water partition coefficient (Wildman–Crippen LogP) is 3.76. The molecule has 3 rings (SSSR count). The van der Waals surface area contributed by atoms with Gasteiger partial charge >= 0.3 is 5.97 Å². The Morgan fingerprint density at radius 2 is 1.79 bits per heavy atom. The van der Waals surface area contributed by atoms with Crippen molar-refractivity contribution in [2.45, 2.75) is 26.5 Å². The van der Waals surface area contributed by atoms with E-state index in [1.807, 2.05) is 54.6 Å². The molecule has 1 amide bonds. The molecule has 29 heavy (non-hydrogen) atoms. The Kier molecular flexibility index (Phi) is 6.29. The van der Waals surface area contributed by atoms with Gasteiger partial charge < -0.3 is 19.7 Å². The van der Waals surface area contributed by atoms with E-state index in [2.05, 4.69) is 10.5 Å². The van der Waals surface area contributed by atoms with Crippen LogP contribution in [0.25, 0.3) is 11.3 Å². The number of nitrogens with one attached hydrogen (secondary N) is 1. The number of nitrogens with zero attached hydrogens (tertiary/aromatic N) is 1. The van der Waals surface area contributed by atoms with Crippen LogP contribution in [0.2, 0.25) is 0 Å². The first-order valence-electron chi connectivity index (χ1n) is 9.21. The van der Waals surface area contributed by atoms with Gasteiger partial charge in [0.25, 0.3) is 5.91 Å². The van der Waals surface area contributed by atoms with Gasteiger partial charge in [0.2, 0.25) is 5.76 Å². The molecule has 0 bridgehead atoms. The first-order chi connectivity index (χ1) is 13.9. The molecule has 1 unspecified atom stereocenters. The highest BCUT2D eigenvalue weighted by Crippen LogP contribution is 2.23. The third-order valence-electron chi connectivity index (χ3n) is 4.35. The zero-order valence-corrected chi connectivity index (χ0v) is 16.2. The lowest BCUT2D eigenvalue weighted by molar-refractivity contribution is -0.140. The van der Waals surface area contributed by atoms with Crippen LogP contribution in [-0.4, -0.2) is 28.2 Å². The van der Waals surface area contributed by atoms with E-state index in [-0.39, 0.29) is 11.7 Å². The lowest BCUT2D eigenvalue weighted by atomic mass is 10.0. The molecule has 7 heteroatoms. The van der Waals surface area contributed by atoms with Gasteiger partial charge in [-0.2, -0.15) is 0 Å². The number of benzene rings is 2. The van der Waals surface area contributed by atoms with Crippen molar-refractivity contribution in [2.75, 3.05) is 0 Å². The molecule has 1 atom stereocenters. The van der Waals surface area contributed by atoms with Crippen LogP contribution in [0.3, 0.4) is 0 Å². The normalized spacial score (nSPS) is 11.8. The number of aromatic nitrogens is 1. The van der Waals surface area contributed by atoms with E-state index < -0.39 is 17.9 Å². The molecule has 3 aromatic rings. The lowest BCUT2D eigenvalue weighted by Gasteiger charge is -2.16. The summed E-state index contributed by atoms with van der Waals surface area (Å²) >= 11 is 0. The zero-order chi connectivity index (χ0) is 20.8. The third kappa shape index (κ3) is 5.22. The van der Waals surface area contributed by atoms with E-state index in [0.29, 0.717) is 18.1 Å². The minimum absolute atomic E-state index is 0.0451. The van der Waals surface area contributed by atoms with Crippen LogP contribution in [-0.2, 0) is 11.4 Å². The van der Waals surface area contributed by atoms with Gasteiger partial charge in [-0.1, -0.05) is 49.3 Å². The number of carboxylic acids is 1. The smallest absolute Gasteiger partial charge is 0.326 e. The number of hydrogen-bond acceptors (Lipinski definition) is 5. The molecule has 0 aliphatic carbocycles. The fourth-order valence-corrected chi connectivity index (χ4v) is 2.71.